The van der Waals surface area contributed by atoms with E-state index in [1.54, 1.807) is 12.1 Å². The molecule has 80 valence electrons. The fourth-order valence-corrected chi connectivity index (χ4v) is 1.09. The number of benzene rings is 1. The highest BCUT2D eigenvalue weighted by molar-refractivity contribution is 5.85. The third kappa shape index (κ3) is 4.12. The minimum Gasteiger partial charge on any atom is -0.508 e. The van der Waals surface area contributed by atoms with E-state index < -0.39 is 0 Å². The van der Waals surface area contributed by atoms with Gasteiger partial charge in [0.2, 0.25) is 5.96 Å². The van der Waals surface area contributed by atoms with E-state index in [1.807, 2.05) is 19.1 Å². The molecule has 1 rings (SSSR count). The lowest BCUT2D eigenvalue weighted by atomic mass is 10.1. The maximum Gasteiger partial charge on any atom is 0.211 e. The first-order valence-electron chi connectivity index (χ1n) is 4.48. The molecule has 5 heteroatoms. The van der Waals surface area contributed by atoms with E-state index in [0.717, 1.165) is 11.3 Å². The third-order valence-electron chi connectivity index (χ3n) is 1.73. The Bertz CT molecular complexity index is 377. The number of phenolic OH excluding ortho intramolecular Hbond substituents is 1. The molecule has 0 amide bonds. The van der Waals surface area contributed by atoms with Crippen molar-refractivity contribution in [1.29, 1.82) is 0 Å². The second kappa shape index (κ2) is 4.99. The number of nitrogens with two attached hydrogens (primary N) is 2. The summed E-state index contributed by atoms with van der Waals surface area (Å²) in [6.45, 7) is 1.83. The Labute approximate surface area is 88.1 Å². The van der Waals surface area contributed by atoms with E-state index >= 15 is 0 Å². The van der Waals surface area contributed by atoms with Crippen molar-refractivity contribution in [3.63, 3.8) is 0 Å². The molecule has 0 saturated heterocycles. The second-order valence-electron chi connectivity index (χ2n) is 3.20. The molecule has 15 heavy (non-hydrogen) atoms. The molecule has 0 bridgehead atoms. The van der Waals surface area contributed by atoms with Gasteiger partial charge in [-0.3, -0.25) is 0 Å². The van der Waals surface area contributed by atoms with E-state index in [0.29, 0.717) is 6.42 Å². The lowest BCUT2D eigenvalue weighted by Gasteiger charge is -1.99. The zero-order valence-electron chi connectivity index (χ0n) is 8.51. The van der Waals surface area contributed by atoms with Crippen molar-refractivity contribution in [2.45, 2.75) is 13.3 Å². The van der Waals surface area contributed by atoms with Crippen LogP contribution in [0.4, 0.5) is 0 Å². The molecule has 0 radical (unpaired) electrons. The van der Waals surface area contributed by atoms with Gasteiger partial charge in [0.1, 0.15) is 5.75 Å². The molecule has 0 fully saturated rings. The first-order valence-corrected chi connectivity index (χ1v) is 4.48. The molecule has 0 aliphatic carbocycles. The maximum atomic E-state index is 9.08. The Morgan fingerprint density at radius 2 is 1.80 bits per heavy atom. The standard InChI is InChI=1S/C10H14N4O/c1-7(13-14-10(11)12)6-8-2-4-9(15)5-3-8/h2-5,15H,6H2,1H3,(H4,11,12,14)/b13-7+. The highest BCUT2D eigenvalue weighted by Crippen LogP contribution is 2.10. The maximum absolute atomic E-state index is 9.08. The van der Waals surface area contributed by atoms with Crippen LogP contribution in [0.5, 0.6) is 5.75 Å². The summed E-state index contributed by atoms with van der Waals surface area (Å²) in [6, 6.07) is 6.90. The van der Waals surface area contributed by atoms with Crippen molar-refractivity contribution >= 4 is 11.7 Å². The molecule has 0 atom stereocenters. The molecular formula is C10H14N4O. The lowest BCUT2D eigenvalue weighted by Crippen LogP contribution is -2.22. The number of rotatable bonds is 3. The first kappa shape index (κ1) is 11.0. The summed E-state index contributed by atoms with van der Waals surface area (Å²) in [5, 5.41) is 16.5. The van der Waals surface area contributed by atoms with Gasteiger partial charge in [0.25, 0.3) is 0 Å². The molecule has 5 N–H and O–H groups in total. The molecule has 0 heterocycles. The van der Waals surface area contributed by atoms with Crippen LogP contribution in [-0.2, 0) is 6.42 Å². The van der Waals surface area contributed by atoms with Crippen LogP contribution in [0.1, 0.15) is 12.5 Å². The van der Waals surface area contributed by atoms with Gasteiger partial charge in [-0.15, -0.1) is 5.10 Å². The highest BCUT2D eigenvalue weighted by Gasteiger charge is 1.96. The van der Waals surface area contributed by atoms with Crippen molar-refractivity contribution in [2.24, 2.45) is 21.7 Å². The van der Waals surface area contributed by atoms with Crippen LogP contribution in [0, 0.1) is 0 Å². The van der Waals surface area contributed by atoms with Crippen molar-refractivity contribution in [3.8, 4) is 5.75 Å². The van der Waals surface area contributed by atoms with E-state index in [-0.39, 0.29) is 11.7 Å². The Balaban J connectivity index is 2.66. The largest absolute Gasteiger partial charge is 0.508 e. The lowest BCUT2D eigenvalue weighted by molar-refractivity contribution is 0.475. The van der Waals surface area contributed by atoms with E-state index in [9.17, 15) is 0 Å². The van der Waals surface area contributed by atoms with Crippen molar-refractivity contribution in [3.05, 3.63) is 29.8 Å². The molecule has 0 spiro atoms. The van der Waals surface area contributed by atoms with E-state index in [2.05, 4.69) is 10.2 Å². The van der Waals surface area contributed by atoms with Gasteiger partial charge in [-0.1, -0.05) is 12.1 Å². The van der Waals surface area contributed by atoms with Crippen LogP contribution in [0.15, 0.2) is 34.5 Å². The van der Waals surface area contributed by atoms with Gasteiger partial charge in [0.05, 0.1) is 0 Å². The molecule has 0 saturated carbocycles. The van der Waals surface area contributed by atoms with Crippen LogP contribution in [0.25, 0.3) is 0 Å². The van der Waals surface area contributed by atoms with Crippen molar-refractivity contribution < 1.29 is 5.11 Å². The van der Waals surface area contributed by atoms with Gasteiger partial charge in [0, 0.05) is 12.1 Å². The topological polar surface area (TPSA) is 97.0 Å². The fraction of sp³-hybridized carbons (Fsp3) is 0.200. The molecule has 0 unspecified atom stereocenters. The Morgan fingerprint density at radius 3 is 2.33 bits per heavy atom. The quantitative estimate of drug-likeness (QED) is 0.383. The molecule has 1 aromatic rings. The molecule has 0 aliphatic heterocycles. The van der Waals surface area contributed by atoms with Crippen LogP contribution >= 0.6 is 0 Å². The molecule has 5 nitrogen and oxygen atoms in total. The zero-order chi connectivity index (χ0) is 11.3. The molecule has 1 aromatic carbocycles. The summed E-state index contributed by atoms with van der Waals surface area (Å²) in [5.74, 6) is 0.192. The predicted molar refractivity (Wildman–Crippen MR) is 60.7 cm³/mol. The number of hydrogen-bond acceptors (Lipinski definition) is 3. The summed E-state index contributed by atoms with van der Waals surface area (Å²) >= 11 is 0. The van der Waals surface area contributed by atoms with Gasteiger partial charge >= 0.3 is 0 Å². The van der Waals surface area contributed by atoms with Gasteiger partial charge < -0.3 is 16.6 Å². The third-order valence-corrected chi connectivity index (χ3v) is 1.73. The van der Waals surface area contributed by atoms with Gasteiger partial charge in [-0.05, 0) is 24.6 Å². The van der Waals surface area contributed by atoms with Crippen LogP contribution in [0.2, 0.25) is 0 Å². The molecular weight excluding hydrogens is 192 g/mol. The molecule has 0 aromatic heterocycles. The fourth-order valence-electron chi connectivity index (χ4n) is 1.09. The average molecular weight is 206 g/mol. The van der Waals surface area contributed by atoms with Crippen molar-refractivity contribution in [1.82, 2.24) is 0 Å². The Hall–Kier alpha value is -2.04. The summed E-state index contributed by atoms with van der Waals surface area (Å²) in [7, 11) is 0. The summed E-state index contributed by atoms with van der Waals surface area (Å²) < 4.78 is 0. The normalized spacial score (nSPS) is 11.1. The number of guanidine groups is 1. The zero-order valence-corrected chi connectivity index (χ0v) is 8.51. The summed E-state index contributed by atoms with van der Waals surface area (Å²) in [6.07, 6.45) is 0.650. The van der Waals surface area contributed by atoms with Gasteiger partial charge in [0.15, 0.2) is 0 Å². The Kier molecular flexibility index (Phi) is 3.68. The van der Waals surface area contributed by atoms with Gasteiger partial charge in [-0.25, -0.2) is 0 Å². The second-order valence-corrected chi connectivity index (χ2v) is 3.20. The van der Waals surface area contributed by atoms with Gasteiger partial charge in [-0.2, -0.15) is 5.10 Å². The van der Waals surface area contributed by atoms with E-state index in [4.69, 9.17) is 16.6 Å². The number of aromatic hydroxyl groups is 1. The SMILES string of the molecule is C/C(Cc1ccc(O)cc1)=N\N=C(N)N. The highest BCUT2D eigenvalue weighted by atomic mass is 16.3. The monoisotopic (exact) mass is 206 g/mol. The Morgan fingerprint density at radius 1 is 1.20 bits per heavy atom. The average Bonchev–Trinajstić information content (AvgIpc) is 2.19. The minimum atomic E-state index is -0.0555. The van der Waals surface area contributed by atoms with Crippen molar-refractivity contribution in [2.75, 3.05) is 0 Å². The smallest absolute Gasteiger partial charge is 0.211 e. The van der Waals surface area contributed by atoms with E-state index in [1.165, 1.54) is 0 Å². The number of phenols is 1. The van der Waals surface area contributed by atoms with Crippen LogP contribution in [0.3, 0.4) is 0 Å². The molecule has 0 aliphatic rings. The minimum absolute atomic E-state index is 0.0555. The number of nitrogens with zero attached hydrogens (tertiary/aromatic N) is 2. The van der Waals surface area contributed by atoms with Crippen LogP contribution in [-0.4, -0.2) is 16.8 Å². The predicted octanol–water partition coefficient (Wildman–Crippen LogP) is 0.584. The summed E-state index contributed by atoms with van der Waals surface area (Å²) in [4.78, 5) is 0. The number of hydrogen-bond donors (Lipinski definition) is 3. The van der Waals surface area contributed by atoms with Crippen LogP contribution < -0.4 is 11.5 Å². The summed E-state index contributed by atoms with van der Waals surface area (Å²) in [5.41, 5.74) is 12.1. The first-order chi connectivity index (χ1) is 7.08.